The molecule has 1 saturated heterocycles. The topological polar surface area (TPSA) is 45.7 Å². The van der Waals surface area contributed by atoms with Crippen LogP contribution in [-0.4, -0.2) is 55.2 Å². The summed E-state index contributed by atoms with van der Waals surface area (Å²) in [6, 6.07) is 12.0. The third-order valence-corrected chi connectivity index (χ3v) is 7.04. The van der Waals surface area contributed by atoms with Gasteiger partial charge < -0.3 is 4.74 Å². The smallest absolute Gasteiger partial charge is 0.233 e. The number of aromatic nitrogens is 1. The van der Waals surface area contributed by atoms with Gasteiger partial charge in [0.15, 0.2) is 5.13 Å². The number of carbonyl (C=O) groups is 1. The van der Waals surface area contributed by atoms with Crippen molar-refractivity contribution in [2.24, 2.45) is 0 Å². The summed E-state index contributed by atoms with van der Waals surface area (Å²) in [5, 5.41) is 1.34. The Kier molecular flexibility index (Phi) is 8.91. The van der Waals surface area contributed by atoms with E-state index in [-0.39, 0.29) is 18.3 Å². The summed E-state index contributed by atoms with van der Waals surface area (Å²) in [4.78, 5) is 22.4. The third kappa shape index (κ3) is 6.00. The van der Waals surface area contributed by atoms with E-state index in [2.05, 4.69) is 36.9 Å². The van der Waals surface area contributed by atoms with Crippen molar-refractivity contribution in [3.05, 3.63) is 58.1 Å². The highest BCUT2D eigenvalue weighted by molar-refractivity contribution is 7.22. The molecule has 1 aliphatic rings. The number of carbonyl (C=O) groups excluding carboxylic acids is 1. The standard InChI is InChI=1S/C24H28ClN3O2S.ClH/c1-17-7-8-19(18(2)15-17)16-22(29)28(10-4-9-27-11-13-30-14-12-27)24-26-23-20(25)5-3-6-21(23)31-24;/h3,5-8,15H,4,9-14,16H2,1-2H3;1H. The van der Waals surface area contributed by atoms with E-state index in [1.165, 1.54) is 16.9 Å². The van der Waals surface area contributed by atoms with Gasteiger partial charge in [-0.3, -0.25) is 14.6 Å². The van der Waals surface area contributed by atoms with Gasteiger partial charge in [0.25, 0.3) is 0 Å². The van der Waals surface area contributed by atoms with Crippen molar-refractivity contribution in [3.8, 4) is 0 Å². The molecule has 0 radical (unpaired) electrons. The molecule has 0 N–H and O–H groups in total. The number of thiazole rings is 1. The van der Waals surface area contributed by atoms with E-state index >= 15 is 0 Å². The van der Waals surface area contributed by atoms with Gasteiger partial charge in [-0.05, 0) is 43.5 Å². The SMILES string of the molecule is Cc1ccc(CC(=O)N(CCCN2CCOCC2)c2nc3c(Cl)cccc3s2)c(C)c1.Cl. The van der Waals surface area contributed by atoms with Gasteiger partial charge in [0.1, 0.15) is 5.52 Å². The van der Waals surface area contributed by atoms with Crippen LogP contribution >= 0.6 is 35.3 Å². The van der Waals surface area contributed by atoms with Crippen LogP contribution in [0.15, 0.2) is 36.4 Å². The molecule has 32 heavy (non-hydrogen) atoms. The quantitative estimate of drug-likeness (QED) is 0.448. The summed E-state index contributed by atoms with van der Waals surface area (Å²) >= 11 is 7.88. The first-order valence-electron chi connectivity index (χ1n) is 10.7. The van der Waals surface area contributed by atoms with Gasteiger partial charge in [-0.25, -0.2) is 4.98 Å². The Hall–Kier alpha value is -1.70. The molecule has 1 aliphatic heterocycles. The van der Waals surface area contributed by atoms with Gasteiger partial charge in [0.2, 0.25) is 5.91 Å². The molecule has 2 heterocycles. The highest BCUT2D eigenvalue weighted by Crippen LogP contribution is 2.33. The minimum atomic E-state index is 0. The van der Waals surface area contributed by atoms with E-state index in [0.29, 0.717) is 18.0 Å². The monoisotopic (exact) mass is 493 g/mol. The Labute approximate surface area is 204 Å². The molecule has 0 saturated carbocycles. The maximum Gasteiger partial charge on any atom is 0.233 e. The Morgan fingerprint density at radius 3 is 2.72 bits per heavy atom. The van der Waals surface area contributed by atoms with Crippen molar-refractivity contribution in [2.75, 3.05) is 44.3 Å². The molecular weight excluding hydrogens is 465 g/mol. The Morgan fingerprint density at radius 2 is 2.00 bits per heavy atom. The highest BCUT2D eigenvalue weighted by Gasteiger charge is 2.22. The summed E-state index contributed by atoms with van der Waals surface area (Å²) < 4.78 is 6.44. The zero-order chi connectivity index (χ0) is 21.8. The molecular formula is C24H29Cl2N3O2S. The maximum absolute atomic E-state index is 13.4. The number of benzene rings is 2. The third-order valence-electron chi connectivity index (χ3n) is 5.69. The Morgan fingerprint density at radius 1 is 1.22 bits per heavy atom. The molecule has 8 heteroatoms. The van der Waals surface area contributed by atoms with Crippen LogP contribution in [-0.2, 0) is 16.0 Å². The van der Waals surface area contributed by atoms with Crippen molar-refractivity contribution in [3.63, 3.8) is 0 Å². The lowest BCUT2D eigenvalue weighted by atomic mass is 10.0. The van der Waals surface area contributed by atoms with Gasteiger partial charge in [-0.1, -0.05) is 52.8 Å². The first kappa shape index (κ1) is 24.9. The van der Waals surface area contributed by atoms with Crippen LogP contribution in [0.25, 0.3) is 10.2 Å². The van der Waals surface area contributed by atoms with E-state index in [9.17, 15) is 4.79 Å². The predicted molar refractivity (Wildman–Crippen MR) is 136 cm³/mol. The number of aryl methyl sites for hydroxylation is 2. The molecule has 1 aromatic heterocycles. The van der Waals surface area contributed by atoms with Crippen LogP contribution in [0, 0.1) is 13.8 Å². The summed E-state index contributed by atoms with van der Waals surface area (Å²) in [5.74, 6) is 0.0732. The lowest BCUT2D eigenvalue weighted by Gasteiger charge is -2.27. The zero-order valence-electron chi connectivity index (χ0n) is 18.5. The second kappa shape index (κ2) is 11.4. The van der Waals surface area contributed by atoms with E-state index in [4.69, 9.17) is 21.3 Å². The number of para-hydroxylation sites is 1. The second-order valence-electron chi connectivity index (χ2n) is 8.04. The van der Waals surface area contributed by atoms with E-state index in [1.54, 1.807) is 0 Å². The minimum Gasteiger partial charge on any atom is -0.379 e. The number of amides is 1. The molecule has 2 aromatic carbocycles. The molecule has 1 fully saturated rings. The zero-order valence-corrected chi connectivity index (χ0v) is 20.9. The number of hydrogen-bond donors (Lipinski definition) is 0. The molecule has 5 nitrogen and oxygen atoms in total. The van der Waals surface area contributed by atoms with Gasteiger partial charge in [-0.15, -0.1) is 12.4 Å². The molecule has 0 atom stereocenters. The van der Waals surface area contributed by atoms with Crippen LogP contribution < -0.4 is 4.90 Å². The molecule has 0 spiro atoms. The molecule has 0 bridgehead atoms. The summed E-state index contributed by atoms with van der Waals surface area (Å²) in [6.45, 7) is 9.19. The van der Waals surface area contributed by atoms with Crippen molar-refractivity contribution in [1.29, 1.82) is 0 Å². The van der Waals surface area contributed by atoms with Crippen molar-refractivity contribution in [2.45, 2.75) is 26.7 Å². The Bertz CT molecular complexity index is 1070. The summed E-state index contributed by atoms with van der Waals surface area (Å²) in [6.07, 6.45) is 1.26. The van der Waals surface area contributed by atoms with Gasteiger partial charge in [0.05, 0.1) is 29.4 Å². The van der Waals surface area contributed by atoms with Crippen LogP contribution in [0.4, 0.5) is 5.13 Å². The minimum absolute atomic E-state index is 0. The summed E-state index contributed by atoms with van der Waals surface area (Å²) in [5.41, 5.74) is 4.18. The normalized spacial score (nSPS) is 14.3. The number of hydrogen-bond acceptors (Lipinski definition) is 5. The Balaban J connectivity index is 0.00000289. The molecule has 4 rings (SSSR count). The first-order valence-corrected chi connectivity index (χ1v) is 11.9. The van der Waals surface area contributed by atoms with Crippen LogP contribution in [0.1, 0.15) is 23.1 Å². The summed E-state index contributed by atoms with van der Waals surface area (Å²) in [7, 11) is 0. The van der Waals surface area contributed by atoms with Gasteiger partial charge in [0, 0.05) is 26.2 Å². The number of morpholine rings is 1. The van der Waals surface area contributed by atoms with Crippen molar-refractivity contribution < 1.29 is 9.53 Å². The fourth-order valence-electron chi connectivity index (χ4n) is 3.93. The average molecular weight is 494 g/mol. The van der Waals surface area contributed by atoms with Gasteiger partial charge >= 0.3 is 0 Å². The van der Waals surface area contributed by atoms with E-state index < -0.39 is 0 Å². The fraction of sp³-hybridized carbons (Fsp3) is 0.417. The maximum atomic E-state index is 13.4. The number of halogens is 2. The second-order valence-corrected chi connectivity index (χ2v) is 9.46. The van der Waals surface area contributed by atoms with Crippen LogP contribution in [0.2, 0.25) is 5.02 Å². The first-order chi connectivity index (χ1) is 15.0. The van der Waals surface area contributed by atoms with Crippen molar-refractivity contribution >= 4 is 56.6 Å². The van der Waals surface area contributed by atoms with E-state index in [0.717, 1.165) is 65.7 Å². The molecule has 1 amide bonds. The molecule has 0 aliphatic carbocycles. The fourth-order valence-corrected chi connectivity index (χ4v) is 5.23. The van der Waals surface area contributed by atoms with Gasteiger partial charge in [-0.2, -0.15) is 0 Å². The number of ether oxygens (including phenoxy) is 1. The van der Waals surface area contributed by atoms with Crippen LogP contribution in [0.5, 0.6) is 0 Å². The molecule has 0 unspecified atom stereocenters. The lowest BCUT2D eigenvalue weighted by Crippen LogP contribution is -2.39. The number of nitrogens with zero attached hydrogens (tertiary/aromatic N) is 3. The predicted octanol–water partition coefficient (Wildman–Crippen LogP) is 5.29. The van der Waals surface area contributed by atoms with Crippen molar-refractivity contribution in [1.82, 2.24) is 9.88 Å². The number of anilines is 1. The lowest BCUT2D eigenvalue weighted by molar-refractivity contribution is -0.118. The number of fused-ring (bicyclic) bond motifs is 1. The van der Waals surface area contributed by atoms with Crippen LogP contribution in [0.3, 0.4) is 0 Å². The average Bonchev–Trinajstić information content (AvgIpc) is 3.19. The molecule has 3 aromatic rings. The molecule has 172 valence electrons. The largest absolute Gasteiger partial charge is 0.379 e. The number of rotatable bonds is 7. The highest BCUT2D eigenvalue weighted by atomic mass is 35.5. The van der Waals surface area contributed by atoms with E-state index in [1.807, 2.05) is 23.1 Å².